The average molecular weight is 267 g/mol. The van der Waals surface area contributed by atoms with E-state index >= 15 is 0 Å². The van der Waals surface area contributed by atoms with Crippen molar-refractivity contribution in [2.24, 2.45) is 5.92 Å². The average Bonchev–Trinajstić information content (AvgIpc) is 2.83. The van der Waals surface area contributed by atoms with E-state index in [1.807, 2.05) is 12.1 Å². The number of aromatic nitrogens is 2. The molecule has 2 heterocycles. The molecule has 2 aromatic rings. The van der Waals surface area contributed by atoms with Gasteiger partial charge in [-0.3, -0.25) is 0 Å². The van der Waals surface area contributed by atoms with Crippen molar-refractivity contribution < 1.29 is 5.11 Å². The van der Waals surface area contributed by atoms with Crippen LogP contribution in [0.15, 0.2) is 12.1 Å². The maximum Gasteiger partial charge on any atom is 0.218 e. The molecule has 3 rings (SSSR count). The molecule has 0 saturated heterocycles. The first-order valence-corrected chi connectivity index (χ1v) is 6.67. The maximum atomic E-state index is 9.92. The number of nitrogens with zero attached hydrogens (tertiary/aromatic N) is 2. The van der Waals surface area contributed by atoms with Crippen LogP contribution in [0, 0.1) is 5.92 Å². The van der Waals surface area contributed by atoms with Crippen LogP contribution in [0.2, 0.25) is 4.34 Å². The Kier molecular flexibility index (Phi) is 2.56. The van der Waals surface area contributed by atoms with Crippen LogP contribution in [-0.2, 0) is 12.8 Å². The predicted molar refractivity (Wildman–Crippen MR) is 68.6 cm³/mol. The minimum atomic E-state index is 0.124. The van der Waals surface area contributed by atoms with Crippen molar-refractivity contribution in [3.63, 3.8) is 0 Å². The third-order valence-electron chi connectivity index (χ3n) is 2.96. The number of hydrogen-bond acceptors (Lipinski definition) is 4. The number of halogens is 1. The van der Waals surface area contributed by atoms with Crippen molar-refractivity contribution in [3.05, 3.63) is 27.7 Å². The Morgan fingerprint density at radius 1 is 1.35 bits per heavy atom. The van der Waals surface area contributed by atoms with Crippen LogP contribution in [0.4, 0.5) is 0 Å². The Hall–Kier alpha value is -1.13. The van der Waals surface area contributed by atoms with Crippen LogP contribution in [0.25, 0.3) is 10.7 Å². The zero-order valence-electron chi connectivity index (χ0n) is 9.27. The van der Waals surface area contributed by atoms with Gasteiger partial charge < -0.3 is 5.11 Å². The third kappa shape index (κ3) is 1.91. The van der Waals surface area contributed by atoms with Crippen molar-refractivity contribution in [1.29, 1.82) is 0 Å². The molecule has 0 bridgehead atoms. The minimum Gasteiger partial charge on any atom is -0.493 e. The maximum absolute atomic E-state index is 9.92. The van der Waals surface area contributed by atoms with Gasteiger partial charge in [-0.05, 0) is 30.9 Å². The van der Waals surface area contributed by atoms with Gasteiger partial charge in [-0.2, -0.15) is 4.98 Å². The molecule has 0 radical (unpaired) electrons. The Labute approximate surface area is 108 Å². The molecule has 0 fully saturated rings. The predicted octanol–water partition coefficient (Wildman–Crippen LogP) is 3.30. The van der Waals surface area contributed by atoms with Crippen LogP contribution in [0.5, 0.6) is 5.88 Å². The molecule has 1 unspecified atom stereocenters. The first kappa shape index (κ1) is 11.0. The molecular weight excluding hydrogens is 256 g/mol. The fourth-order valence-electron chi connectivity index (χ4n) is 2.19. The fraction of sp³-hybridized carbons (Fsp3) is 0.333. The summed E-state index contributed by atoms with van der Waals surface area (Å²) < 4.78 is 0.706. The number of hydrogen-bond donors (Lipinski definition) is 1. The molecule has 0 aliphatic heterocycles. The van der Waals surface area contributed by atoms with Gasteiger partial charge in [0.05, 0.1) is 14.9 Å². The van der Waals surface area contributed by atoms with Gasteiger partial charge in [-0.1, -0.05) is 18.5 Å². The first-order chi connectivity index (χ1) is 8.13. The lowest BCUT2D eigenvalue weighted by molar-refractivity contribution is 0.444. The first-order valence-electron chi connectivity index (χ1n) is 5.48. The Balaban J connectivity index is 2.09. The molecule has 0 aromatic carbocycles. The zero-order valence-corrected chi connectivity index (χ0v) is 10.8. The molecule has 1 atom stereocenters. The van der Waals surface area contributed by atoms with Crippen molar-refractivity contribution in [2.45, 2.75) is 19.8 Å². The molecule has 1 aliphatic rings. The summed E-state index contributed by atoms with van der Waals surface area (Å²) in [6.07, 6.45) is 1.78. The molecule has 1 N–H and O–H groups in total. The summed E-state index contributed by atoms with van der Waals surface area (Å²) >= 11 is 7.32. The molecule has 88 valence electrons. The van der Waals surface area contributed by atoms with Crippen molar-refractivity contribution in [3.8, 4) is 16.6 Å². The van der Waals surface area contributed by atoms with Crippen LogP contribution in [0.3, 0.4) is 0 Å². The van der Waals surface area contributed by atoms with Crippen LogP contribution in [0.1, 0.15) is 18.2 Å². The van der Waals surface area contributed by atoms with E-state index in [1.54, 1.807) is 0 Å². The van der Waals surface area contributed by atoms with Crippen molar-refractivity contribution in [1.82, 2.24) is 9.97 Å². The lowest BCUT2D eigenvalue weighted by Crippen LogP contribution is -1.95. The van der Waals surface area contributed by atoms with Crippen molar-refractivity contribution in [2.75, 3.05) is 0 Å². The van der Waals surface area contributed by atoms with Gasteiger partial charge in [0, 0.05) is 5.56 Å². The molecule has 0 spiro atoms. The highest BCUT2D eigenvalue weighted by atomic mass is 35.5. The fourth-order valence-corrected chi connectivity index (χ4v) is 3.17. The normalized spacial score (nSPS) is 18.4. The van der Waals surface area contributed by atoms with E-state index in [0.717, 1.165) is 29.0 Å². The second-order valence-electron chi connectivity index (χ2n) is 4.41. The summed E-state index contributed by atoms with van der Waals surface area (Å²) in [6.45, 7) is 2.16. The molecule has 5 heteroatoms. The number of aromatic hydroxyl groups is 1. The summed E-state index contributed by atoms with van der Waals surface area (Å²) in [6, 6.07) is 3.70. The molecule has 2 aromatic heterocycles. The molecule has 1 aliphatic carbocycles. The Morgan fingerprint density at radius 3 is 2.88 bits per heavy atom. The van der Waals surface area contributed by atoms with E-state index in [1.165, 1.54) is 11.3 Å². The summed E-state index contributed by atoms with van der Waals surface area (Å²) in [4.78, 5) is 9.58. The smallest absolute Gasteiger partial charge is 0.218 e. The third-order valence-corrected chi connectivity index (χ3v) is 4.19. The van der Waals surface area contributed by atoms with Gasteiger partial charge in [-0.15, -0.1) is 11.3 Å². The quantitative estimate of drug-likeness (QED) is 0.861. The lowest BCUT2D eigenvalue weighted by atomic mass is 10.1. The molecular formula is C12H11ClN2OS. The van der Waals surface area contributed by atoms with Crippen LogP contribution < -0.4 is 0 Å². The summed E-state index contributed by atoms with van der Waals surface area (Å²) in [5, 5.41) is 9.92. The van der Waals surface area contributed by atoms with E-state index in [-0.39, 0.29) is 5.88 Å². The van der Waals surface area contributed by atoms with E-state index < -0.39 is 0 Å². The topological polar surface area (TPSA) is 46.0 Å². The van der Waals surface area contributed by atoms with Gasteiger partial charge in [0.2, 0.25) is 5.88 Å². The van der Waals surface area contributed by atoms with E-state index in [2.05, 4.69) is 16.9 Å². The number of fused-ring (bicyclic) bond motifs is 1. The Morgan fingerprint density at radius 2 is 2.18 bits per heavy atom. The van der Waals surface area contributed by atoms with E-state index in [9.17, 15) is 5.11 Å². The largest absolute Gasteiger partial charge is 0.493 e. The lowest BCUT2D eigenvalue weighted by Gasteiger charge is -2.03. The van der Waals surface area contributed by atoms with Crippen LogP contribution >= 0.6 is 22.9 Å². The molecule has 0 amide bonds. The zero-order chi connectivity index (χ0) is 12.0. The highest BCUT2D eigenvalue weighted by Crippen LogP contribution is 2.35. The highest BCUT2D eigenvalue weighted by Gasteiger charge is 2.24. The van der Waals surface area contributed by atoms with Gasteiger partial charge in [0.25, 0.3) is 0 Å². The summed E-state index contributed by atoms with van der Waals surface area (Å²) in [5.41, 5.74) is 1.88. The summed E-state index contributed by atoms with van der Waals surface area (Å²) in [7, 11) is 0. The highest BCUT2D eigenvalue weighted by molar-refractivity contribution is 7.19. The van der Waals surface area contributed by atoms with E-state index in [0.29, 0.717) is 16.1 Å². The van der Waals surface area contributed by atoms with Gasteiger partial charge in [0.1, 0.15) is 0 Å². The standard InChI is InChI=1S/C12H11ClN2OS/c1-6-4-7-8(5-6)14-11(15-12(7)16)9-2-3-10(13)17-9/h2-3,6H,4-5H2,1H3,(H,14,15,16). The minimum absolute atomic E-state index is 0.124. The SMILES string of the molecule is CC1Cc2nc(-c3ccc(Cl)s3)nc(O)c2C1. The molecule has 3 nitrogen and oxygen atoms in total. The van der Waals surface area contributed by atoms with E-state index in [4.69, 9.17) is 11.6 Å². The number of rotatable bonds is 1. The molecule has 17 heavy (non-hydrogen) atoms. The second-order valence-corrected chi connectivity index (χ2v) is 6.13. The number of thiophene rings is 1. The van der Waals surface area contributed by atoms with Gasteiger partial charge >= 0.3 is 0 Å². The van der Waals surface area contributed by atoms with Gasteiger partial charge in [-0.25, -0.2) is 4.98 Å². The van der Waals surface area contributed by atoms with Gasteiger partial charge in [0.15, 0.2) is 5.82 Å². The molecule has 0 saturated carbocycles. The Bertz CT molecular complexity index is 582. The monoisotopic (exact) mass is 266 g/mol. The van der Waals surface area contributed by atoms with Crippen LogP contribution in [-0.4, -0.2) is 15.1 Å². The summed E-state index contributed by atoms with van der Waals surface area (Å²) in [5.74, 6) is 1.23. The second kappa shape index (κ2) is 3.96. The van der Waals surface area contributed by atoms with Crippen molar-refractivity contribution >= 4 is 22.9 Å².